The van der Waals surface area contributed by atoms with Gasteiger partial charge in [0.25, 0.3) is 5.56 Å². The Morgan fingerprint density at radius 3 is 2.75 bits per heavy atom. The van der Waals surface area contributed by atoms with Crippen molar-refractivity contribution in [2.45, 2.75) is 24.0 Å². The van der Waals surface area contributed by atoms with Gasteiger partial charge in [-0.1, -0.05) is 11.6 Å². The van der Waals surface area contributed by atoms with Crippen LogP contribution in [0.3, 0.4) is 0 Å². The number of aliphatic hydroxyl groups is 3. The third-order valence-electron chi connectivity index (χ3n) is 3.17. The average Bonchev–Trinajstić information content (AvgIpc) is 2.65. The second-order valence-corrected chi connectivity index (χ2v) is 4.62. The summed E-state index contributed by atoms with van der Waals surface area (Å²) in [6, 6.07) is 1.07. The first-order valence-corrected chi connectivity index (χ1v) is 6.13. The summed E-state index contributed by atoms with van der Waals surface area (Å²) in [5.41, 5.74) is -2.00. The Morgan fingerprint density at radius 1 is 1.50 bits per heavy atom. The van der Waals surface area contributed by atoms with E-state index in [1.165, 1.54) is 6.08 Å². The van der Waals surface area contributed by atoms with Gasteiger partial charge in [-0.15, -0.1) is 0 Å². The molecule has 1 aliphatic heterocycles. The standard InChI is InChI=1S/C11H13ClN2O6/c12-3-2-11(5-15)8(18)7(17)9(20-11)14-4-1-6(16)13-10(14)19/h1-4,7-9,15,17-18H,5H2,(H,13,16,19)/t7?,8?,9-,11-/m0/s1. The summed E-state index contributed by atoms with van der Waals surface area (Å²) in [6.07, 6.45) is -1.95. The fraction of sp³-hybridized carbons (Fsp3) is 0.455. The highest BCUT2D eigenvalue weighted by Crippen LogP contribution is 2.37. The van der Waals surface area contributed by atoms with E-state index >= 15 is 0 Å². The molecule has 0 saturated carbocycles. The molecule has 2 unspecified atom stereocenters. The molecule has 2 rings (SSSR count). The van der Waals surface area contributed by atoms with Crippen molar-refractivity contribution >= 4 is 11.6 Å². The molecule has 4 atom stereocenters. The minimum atomic E-state index is -1.62. The summed E-state index contributed by atoms with van der Waals surface area (Å²) in [5.74, 6) is 0. The molecule has 1 aromatic heterocycles. The van der Waals surface area contributed by atoms with E-state index in [1.54, 1.807) is 0 Å². The topological polar surface area (TPSA) is 125 Å². The van der Waals surface area contributed by atoms with Crippen molar-refractivity contribution in [2.24, 2.45) is 0 Å². The van der Waals surface area contributed by atoms with Gasteiger partial charge in [0.1, 0.15) is 17.8 Å². The van der Waals surface area contributed by atoms with Crippen LogP contribution in [0, 0.1) is 0 Å². The molecule has 1 saturated heterocycles. The zero-order chi connectivity index (χ0) is 14.9. The monoisotopic (exact) mass is 304 g/mol. The largest absolute Gasteiger partial charge is 0.393 e. The molecule has 110 valence electrons. The molecule has 4 N–H and O–H groups in total. The van der Waals surface area contributed by atoms with Gasteiger partial charge in [-0.05, 0) is 6.08 Å². The van der Waals surface area contributed by atoms with E-state index in [1.807, 2.05) is 4.98 Å². The summed E-state index contributed by atoms with van der Waals surface area (Å²) in [7, 11) is 0. The maximum atomic E-state index is 11.7. The van der Waals surface area contributed by atoms with E-state index in [2.05, 4.69) is 0 Å². The van der Waals surface area contributed by atoms with Crippen molar-refractivity contribution in [3.63, 3.8) is 0 Å². The van der Waals surface area contributed by atoms with Crippen LogP contribution in [0.15, 0.2) is 33.5 Å². The second-order valence-electron chi connectivity index (χ2n) is 4.37. The molecule has 0 aliphatic carbocycles. The number of H-pyrrole nitrogens is 1. The highest BCUT2D eigenvalue weighted by Gasteiger charge is 2.53. The van der Waals surface area contributed by atoms with Crippen LogP contribution in [-0.4, -0.2) is 49.3 Å². The molecule has 0 amide bonds. The lowest BCUT2D eigenvalue weighted by Crippen LogP contribution is -2.44. The van der Waals surface area contributed by atoms with E-state index in [0.717, 1.165) is 22.4 Å². The lowest BCUT2D eigenvalue weighted by molar-refractivity contribution is -0.0994. The van der Waals surface area contributed by atoms with Gasteiger partial charge in [-0.2, -0.15) is 0 Å². The number of hydrogen-bond donors (Lipinski definition) is 4. The summed E-state index contributed by atoms with van der Waals surface area (Å²) in [5, 5.41) is 29.3. The average molecular weight is 305 g/mol. The first-order valence-electron chi connectivity index (χ1n) is 5.69. The van der Waals surface area contributed by atoms with E-state index in [-0.39, 0.29) is 0 Å². The smallest absolute Gasteiger partial charge is 0.330 e. The minimum Gasteiger partial charge on any atom is -0.393 e. The van der Waals surface area contributed by atoms with Crippen molar-refractivity contribution in [2.75, 3.05) is 6.61 Å². The predicted molar refractivity (Wildman–Crippen MR) is 68.3 cm³/mol. The number of nitrogens with one attached hydrogen (secondary N) is 1. The van der Waals surface area contributed by atoms with Gasteiger partial charge in [0.15, 0.2) is 6.23 Å². The van der Waals surface area contributed by atoms with Crippen LogP contribution in [0.2, 0.25) is 0 Å². The van der Waals surface area contributed by atoms with Crippen molar-refractivity contribution < 1.29 is 20.1 Å². The Labute approximate surface area is 117 Å². The highest BCUT2D eigenvalue weighted by atomic mass is 35.5. The van der Waals surface area contributed by atoms with Gasteiger partial charge >= 0.3 is 5.69 Å². The Hall–Kier alpha value is -1.45. The Balaban J connectivity index is 2.45. The Kier molecular flexibility index (Phi) is 4.11. The van der Waals surface area contributed by atoms with E-state index in [9.17, 15) is 24.9 Å². The van der Waals surface area contributed by atoms with Gasteiger partial charge < -0.3 is 20.1 Å². The molecular weight excluding hydrogens is 292 g/mol. The van der Waals surface area contributed by atoms with E-state index in [0.29, 0.717) is 0 Å². The number of aliphatic hydroxyl groups excluding tert-OH is 3. The van der Waals surface area contributed by atoms with Crippen molar-refractivity contribution in [1.82, 2.24) is 9.55 Å². The van der Waals surface area contributed by atoms with Crippen LogP contribution in [0.4, 0.5) is 0 Å². The second kappa shape index (κ2) is 5.51. The van der Waals surface area contributed by atoms with Crippen molar-refractivity contribution in [3.05, 3.63) is 44.7 Å². The fourth-order valence-electron chi connectivity index (χ4n) is 2.09. The maximum absolute atomic E-state index is 11.7. The summed E-state index contributed by atoms with van der Waals surface area (Å²) in [6.45, 7) is -0.650. The predicted octanol–water partition coefficient (Wildman–Crippen LogP) is -1.73. The molecule has 0 radical (unpaired) electrons. The molecule has 1 aromatic rings. The molecule has 1 fully saturated rings. The third kappa shape index (κ3) is 2.32. The van der Waals surface area contributed by atoms with Gasteiger partial charge in [0.2, 0.25) is 0 Å². The first-order chi connectivity index (χ1) is 9.45. The van der Waals surface area contributed by atoms with Crippen molar-refractivity contribution in [1.29, 1.82) is 0 Å². The van der Waals surface area contributed by atoms with Crippen LogP contribution in [0.1, 0.15) is 6.23 Å². The van der Waals surface area contributed by atoms with Crippen LogP contribution in [0.5, 0.6) is 0 Å². The Morgan fingerprint density at radius 2 is 2.20 bits per heavy atom. The molecule has 0 bridgehead atoms. The van der Waals surface area contributed by atoms with Gasteiger partial charge in [-0.25, -0.2) is 4.79 Å². The molecular formula is C11H13ClN2O6. The molecule has 0 aromatic carbocycles. The molecule has 2 heterocycles. The quantitative estimate of drug-likeness (QED) is 0.526. The highest BCUT2D eigenvalue weighted by molar-refractivity contribution is 6.25. The molecule has 8 nitrogen and oxygen atoms in total. The molecule has 0 spiro atoms. The van der Waals surface area contributed by atoms with Crippen LogP contribution >= 0.6 is 11.6 Å². The lowest BCUT2D eigenvalue weighted by Gasteiger charge is -2.25. The maximum Gasteiger partial charge on any atom is 0.330 e. The number of ether oxygens (including phenoxy) is 1. The van der Waals surface area contributed by atoms with E-state index in [4.69, 9.17) is 16.3 Å². The van der Waals surface area contributed by atoms with E-state index < -0.39 is 41.9 Å². The SMILES string of the molecule is O=c1ccn([C@H]2O[C@@](C=CCl)(CO)C(O)C2O)c(=O)[nH]1. The molecule has 20 heavy (non-hydrogen) atoms. The van der Waals surface area contributed by atoms with Gasteiger partial charge in [-0.3, -0.25) is 14.3 Å². The number of rotatable bonds is 3. The molecule has 1 aliphatic rings. The zero-order valence-electron chi connectivity index (χ0n) is 10.1. The Bertz CT molecular complexity index is 626. The number of hydrogen-bond acceptors (Lipinski definition) is 6. The fourth-order valence-corrected chi connectivity index (χ4v) is 2.30. The van der Waals surface area contributed by atoms with Crippen LogP contribution < -0.4 is 11.2 Å². The third-order valence-corrected chi connectivity index (χ3v) is 3.30. The number of aromatic amines is 1. The lowest BCUT2D eigenvalue weighted by atomic mass is 9.96. The summed E-state index contributed by atoms with van der Waals surface area (Å²) < 4.78 is 6.30. The normalized spacial score (nSPS) is 33.9. The number of aromatic nitrogens is 2. The summed E-state index contributed by atoms with van der Waals surface area (Å²) >= 11 is 5.43. The van der Waals surface area contributed by atoms with Gasteiger partial charge in [0.05, 0.1) is 6.61 Å². The minimum absolute atomic E-state index is 0.603. The van der Waals surface area contributed by atoms with Gasteiger partial charge in [0, 0.05) is 17.8 Å². The number of nitrogens with zero attached hydrogens (tertiary/aromatic N) is 1. The van der Waals surface area contributed by atoms with Crippen LogP contribution in [0.25, 0.3) is 0 Å². The molecule has 9 heteroatoms. The van der Waals surface area contributed by atoms with Crippen LogP contribution in [-0.2, 0) is 4.74 Å². The number of halogens is 1. The van der Waals surface area contributed by atoms with Crippen molar-refractivity contribution in [3.8, 4) is 0 Å². The first kappa shape index (κ1) is 14.9. The zero-order valence-corrected chi connectivity index (χ0v) is 10.9. The summed E-state index contributed by atoms with van der Waals surface area (Å²) in [4.78, 5) is 24.7.